The fourth-order valence-electron chi connectivity index (χ4n) is 3.37. The maximum atomic E-state index is 12.4. The fraction of sp³-hybridized carbons (Fsp3) is 0.391. The quantitative estimate of drug-likeness (QED) is 0.511. The van der Waals surface area contributed by atoms with E-state index in [2.05, 4.69) is 22.9 Å². The zero-order valence-corrected chi connectivity index (χ0v) is 16.7. The van der Waals surface area contributed by atoms with Crippen molar-refractivity contribution in [3.8, 4) is 5.75 Å². The predicted octanol–water partition coefficient (Wildman–Crippen LogP) is 4.87. The highest BCUT2D eigenvalue weighted by atomic mass is 16.5. The molecule has 5 heteroatoms. The Balaban J connectivity index is 1.67. The molecule has 0 fully saturated rings. The maximum Gasteiger partial charge on any atom is 0.258 e. The molecule has 0 saturated carbocycles. The molecular formula is C23H29N3O2. The van der Waals surface area contributed by atoms with Gasteiger partial charge in [0.25, 0.3) is 5.91 Å². The number of aryl methyl sites for hydroxylation is 1. The molecule has 1 unspecified atom stereocenters. The third-order valence-corrected chi connectivity index (χ3v) is 4.80. The average Bonchev–Trinajstić information content (AvgIpc) is 3.09. The zero-order valence-electron chi connectivity index (χ0n) is 16.7. The van der Waals surface area contributed by atoms with E-state index in [9.17, 15) is 4.79 Å². The largest absolute Gasteiger partial charge is 0.484 e. The summed E-state index contributed by atoms with van der Waals surface area (Å²) in [4.78, 5) is 17.1. The van der Waals surface area contributed by atoms with Gasteiger partial charge in [-0.05, 0) is 37.6 Å². The lowest BCUT2D eigenvalue weighted by atomic mass is 10.2. The van der Waals surface area contributed by atoms with Crippen LogP contribution in [0.1, 0.15) is 51.4 Å². The molecule has 0 saturated heterocycles. The summed E-state index contributed by atoms with van der Waals surface area (Å²) in [7, 11) is 0. The number of ether oxygens (including phenoxy) is 1. The van der Waals surface area contributed by atoms with Crippen molar-refractivity contribution in [2.24, 2.45) is 0 Å². The fourth-order valence-corrected chi connectivity index (χ4v) is 3.37. The summed E-state index contributed by atoms with van der Waals surface area (Å²) in [5.74, 6) is 1.43. The molecule has 5 nitrogen and oxygen atoms in total. The van der Waals surface area contributed by atoms with Gasteiger partial charge >= 0.3 is 0 Å². The van der Waals surface area contributed by atoms with Gasteiger partial charge in [-0.1, -0.05) is 56.5 Å². The van der Waals surface area contributed by atoms with Crippen LogP contribution in [-0.4, -0.2) is 22.1 Å². The molecule has 0 radical (unpaired) electrons. The molecule has 28 heavy (non-hydrogen) atoms. The number of imidazole rings is 1. The maximum absolute atomic E-state index is 12.4. The molecule has 1 N–H and O–H groups in total. The van der Waals surface area contributed by atoms with E-state index >= 15 is 0 Å². The van der Waals surface area contributed by atoms with Gasteiger partial charge in [-0.25, -0.2) is 4.98 Å². The lowest BCUT2D eigenvalue weighted by Gasteiger charge is -2.16. The first-order valence-electron chi connectivity index (χ1n) is 10.1. The predicted molar refractivity (Wildman–Crippen MR) is 112 cm³/mol. The molecule has 3 aromatic rings. The van der Waals surface area contributed by atoms with Gasteiger partial charge in [-0.2, -0.15) is 0 Å². The molecule has 1 amide bonds. The number of fused-ring (bicyclic) bond motifs is 1. The minimum Gasteiger partial charge on any atom is -0.484 e. The van der Waals surface area contributed by atoms with Crippen molar-refractivity contribution in [2.75, 3.05) is 6.61 Å². The molecule has 0 aliphatic carbocycles. The Morgan fingerprint density at radius 1 is 1.07 bits per heavy atom. The van der Waals surface area contributed by atoms with Gasteiger partial charge in [-0.15, -0.1) is 0 Å². The Morgan fingerprint density at radius 2 is 1.82 bits per heavy atom. The van der Waals surface area contributed by atoms with E-state index in [0.29, 0.717) is 5.75 Å². The zero-order chi connectivity index (χ0) is 19.8. The number of benzene rings is 2. The van der Waals surface area contributed by atoms with Crippen LogP contribution in [0, 0.1) is 0 Å². The lowest BCUT2D eigenvalue weighted by Crippen LogP contribution is -2.32. The SMILES string of the molecule is CCCCCCn1c(C(C)NC(=O)COc2ccccc2)nc2ccccc21. The van der Waals surface area contributed by atoms with Crippen molar-refractivity contribution in [1.29, 1.82) is 0 Å². The number of rotatable bonds is 10. The van der Waals surface area contributed by atoms with Crippen LogP contribution in [0.15, 0.2) is 54.6 Å². The molecule has 148 valence electrons. The second-order valence-corrected chi connectivity index (χ2v) is 7.06. The number of unbranched alkanes of at least 4 members (excludes halogenated alkanes) is 3. The normalized spacial score (nSPS) is 12.1. The van der Waals surface area contributed by atoms with Crippen molar-refractivity contribution >= 4 is 16.9 Å². The van der Waals surface area contributed by atoms with E-state index in [4.69, 9.17) is 9.72 Å². The summed E-state index contributed by atoms with van der Waals surface area (Å²) in [6.45, 7) is 5.10. The van der Waals surface area contributed by atoms with Crippen LogP contribution in [-0.2, 0) is 11.3 Å². The van der Waals surface area contributed by atoms with Crippen molar-refractivity contribution in [1.82, 2.24) is 14.9 Å². The van der Waals surface area contributed by atoms with E-state index in [1.165, 1.54) is 19.3 Å². The Bertz CT molecular complexity index is 889. The van der Waals surface area contributed by atoms with Gasteiger partial charge in [0.1, 0.15) is 11.6 Å². The molecule has 0 aliphatic rings. The number of nitrogens with zero attached hydrogens (tertiary/aromatic N) is 2. The van der Waals surface area contributed by atoms with Gasteiger partial charge in [0.15, 0.2) is 6.61 Å². The van der Waals surface area contributed by atoms with Crippen molar-refractivity contribution < 1.29 is 9.53 Å². The van der Waals surface area contributed by atoms with Crippen LogP contribution in [0.5, 0.6) is 5.75 Å². The van der Waals surface area contributed by atoms with Crippen LogP contribution >= 0.6 is 0 Å². The molecule has 2 aromatic carbocycles. The third-order valence-electron chi connectivity index (χ3n) is 4.80. The van der Waals surface area contributed by atoms with Gasteiger partial charge in [0.2, 0.25) is 0 Å². The Hall–Kier alpha value is -2.82. The summed E-state index contributed by atoms with van der Waals surface area (Å²) in [5.41, 5.74) is 2.09. The van der Waals surface area contributed by atoms with Gasteiger partial charge < -0.3 is 14.6 Å². The lowest BCUT2D eigenvalue weighted by molar-refractivity contribution is -0.123. The molecule has 1 aromatic heterocycles. The molecule has 1 heterocycles. The second kappa shape index (κ2) is 9.93. The molecule has 3 rings (SSSR count). The summed E-state index contributed by atoms with van der Waals surface area (Å²) in [6.07, 6.45) is 4.77. The minimum absolute atomic E-state index is 0.00885. The van der Waals surface area contributed by atoms with Gasteiger partial charge in [-0.3, -0.25) is 4.79 Å². The highest BCUT2D eigenvalue weighted by molar-refractivity contribution is 5.79. The monoisotopic (exact) mass is 379 g/mol. The number of carbonyl (C=O) groups excluding carboxylic acids is 1. The number of hydrogen-bond donors (Lipinski definition) is 1. The Morgan fingerprint density at radius 3 is 2.61 bits per heavy atom. The first-order valence-corrected chi connectivity index (χ1v) is 10.1. The van der Waals surface area contributed by atoms with Crippen molar-refractivity contribution in [2.45, 2.75) is 52.1 Å². The van der Waals surface area contributed by atoms with Crippen LogP contribution in [0.3, 0.4) is 0 Å². The van der Waals surface area contributed by atoms with Crippen LogP contribution in [0.4, 0.5) is 0 Å². The third kappa shape index (κ3) is 5.12. The van der Waals surface area contributed by atoms with Crippen molar-refractivity contribution in [3.05, 3.63) is 60.4 Å². The Kier molecular flexibility index (Phi) is 7.06. The number of aromatic nitrogens is 2. The van der Waals surface area contributed by atoms with E-state index < -0.39 is 0 Å². The highest BCUT2D eigenvalue weighted by Gasteiger charge is 2.18. The highest BCUT2D eigenvalue weighted by Crippen LogP contribution is 2.22. The van der Waals surface area contributed by atoms with E-state index in [1.54, 1.807) is 0 Å². The molecular weight excluding hydrogens is 350 g/mol. The molecule has 1 atom stereocenters. The van der Waals surface area contributed by atoms with Crippen LogP contribution in [0.25, 0.3) is 11.0 Å². The number of hydrogen-bond acceptors (Lipinski definition) is 3. The smallest absolute Gasteiger partial charge is 0.258 e. The number of carbonyl (C=O) groups is 1. The van der Waals surface area contributed by atoms with E-state index in [0.717, 1.165) is 29.8 Å². The molecule has 0 spiro atoms. The first kappa shape index (κ1) is 19.9. The Labute approximate surface area is 166 Å². The summed E-state index contributed by atoms with van der Waals surface area (Å²) in [6, 6.07) is 17.3. The summed E-state index contributed by atoms with van der Waals surface area (Å²) < 4.78 is 7.79. The summed E-state index contributed by atoms with van der Waals surface area (Å²) >= 11 is 0. The standard InChI is InChI=1S/C23H29N3O2/c1-3-4-5-11-16-26-21-15-10-9-14-20(21)25-23(26)18(2)24-22(27)17-28-19-12-7-6-8-13-19/h6-10,12-15,18H,3-5,11,16-17H2,1-2H3,(H,24,27). The first-order chi connectivity index (χ1) is 13.7. The van der Waals surface area contributed by atoms with Gasteiger partial charge in [0, 0.05) is 6.54 Å². The number of nitrogens with one attached hydrogen (secondary N) is 1. The average molecular weight is 380 g/mol. The minimum atomic E-state index is -0.189. The van der Waals surface area contributed by atoms with Crippen LogP contribution < -0.4 is 10.1 Å². The summed E-state index contributed by atoms with van der Waals surface area (Å²) in [5, 5.41) is 3.02. The van der Waals surface area contributed by atoms with E-state index in [1.807, 2.05) is 55.5 Å². The van der Waals surface area contributed by atoms with Crippen molar-refractivity contribution in [3.63, 3.8) is 0 Å². The molecule has 0 bridgehead atoms. The topological polar surface area (TPSA) is 56.2 Å². The van der Waals surface area contributed by atoms with E-state index in [-0.39, 0.29) is 18.6 Å². The number of amides is 1. The van der Waals surface area contributed by atoms with Gasteiger partial charge in [0.05, 0.1) is 17.1 Å². The van der Waals surface area contributed by atoms with Crippen LogP contribution in [0.2, 0.25) is 0 Å². The second-order valence-electron chi connectivity index (χ2n) is 7.06. The number of para-hydroxylation sites is 3. The molecule has 0 aliphatic heterocycles.